The van der Waals surface area contributed by atoms with Gasteiger partial charge in [-0.2, -0.15) is 0 Å². The molecule has 104 valence electrons. The monoisotopic (exact) mass is 270 g/mol. The van der Waals surface area contributed by atoms with Crippen molar-refractivity contribution in [3.63, 3.8) is 0 Å². The van der Waals surface area contributed by atoms with Crippen molar-refractivity contribution < 1.29 is 14.6 Å². The zero-order valence-corrected chi connectivity index (χ0v) is 11.5. The van der Waals surface area contributed by atoms with Crippen molar-refractivity contribution in [1.82, 2.24) is 0 Å². The van der Waals surface area contributed by atoms with Crippen molar-refractivity contribution in [2.75, 3.05) is 13.7 Å². The molecular weight excluding hydrogens is 252 g/mol. The molecular formula is C17H18O3. The molecule has 1 aliphatic heterocycles. The van der Waals surface area contributed by atoms with Crippen LogP contribution >= 0.6 is 0 Å². The molecule has 3 heteroatoms. The lowest BCUT2D eigenvalue weighted by molar-refractivity contribution is 0.117. The largest absolute Gasteiger partial charge is 0.497 e. The van der Waals surface area contributed by atoms with Crippen LogP contribution in [0.4, 0.5) is 0 Å². The molecule has 0 aromatic heterocycles. The molecule has 0 amide bonds. The Morgan fingerprint density at radius 1 is 1.20 bits per heavy atom. The van der Waals surface area contributed by atoms with E-state index in [2.05, 4.69) is 0 Å². The van der Waals surface area contributed by atoms with Crippen LogP contribution in [0.3, 0.4) is 0 Å². The van der Waals surface area contributed by atoms with Gasteiger partial charge in [-0.25, -0.2) is 0 Å². The van der Waals surface area contributed by atoms with E-state index >= 15 is 0 Å². The van der Waals surface area contributed by atoms with Crippen molar-refractivity contribution in [2.45, 2.75) is 18.4 Å². The van der Waals surface area contributed by atoms with Crippen LogP contribution in [-0.4, -0.2) is 18.8 Å². The number of rotatable bonds is 3. The van der Waals surface area contributed by atoms with Crippen molar-refractivity contribution in [3.05, 3.63) is 59.7 Å². The molecule has 0 radical (unpaired) electrons. The van der Waals surface area contributed by atoms with Gasteiger partial charge in [0.15, 0.2) is 0 Å². The molecule has 20 heavy (non-hydrogen) atoms. The standard InChI is InChI=1S/C17H18O3/c1-19-13-6-4-5-12(11-13)17(18)15-9-10-20-16-8-3-2-7-14(15)16/h2-8,11,15,17-18H,9-10H2,1H3. The van der Waals surface area contributed by atoms with Gasteiger partial charge in [0.1, 0.15) is 11.5 Å². The Hall–Kier alpha value is -2.00. The quantitative estimate of drug-likeness (QED) is 0.930. The van der Waals surface area contributed by atoms with Crippen molar-refractivity contribution >= 4 is 0 Å². The number of methoxy groups -OCH3 is 1. The summed E-state index contributed by atoms with van der Waals surface area (Å²) in [6, 6.07) is 15.5. The Morgan fingerprint density at radius 2 is 2.05 bits per heavy atom. The molecule has 2 aromatic rings. The number of hydrogen-bond acceptors (Lipinski definition) is 3. The van der Waals surface area contributed by atoms with Crippen molar-refractivity contribution in [1.29, 1.82) is 0 Å². The first-order chi connectivity index (χ1) is 9.79. The minimum atomic E-state index is -0.546. The summed E-state index contributed by atoms with van der Waals surface area (Å²) in [5.41, 5.74) is 1.96. The van der Waals surface area contributed by atoms with Crippen LogP contribution < -0.4 is 9.47 Å². The van der Waals surface area contributed by atoms with E-state index in [0.29, 0.717) is 6.61 Å². The predicted molar refractivity (Wildman–Crippen MR) is 77.2 cm³/mol. The maximum Gasteiger partial charge on any atom is 0.122 e. The Kier molecular flexibility index (Phi) is 3.61. The lowest BCUT2D eigenvalue weighted by Crippen LogP contribution is -2.20. The fourth-order valence-corrected chi connectivity index (χ4v) is 2.76. The van der Waals surface area contributed by atoms with E-state index in [1.54, 1.807) is 7.11 Å². The van der Waals surface area contributed by atoms with Crippen LogP contribution in [0.2, 0.25) is 0 Å². The summed E-state index contributed by atoms with van der Waals surface area (Å²) in [5.74, 6) is 1.71. The van der Waals surface area contributed by atoms with Gasteiger partial charge in [0.2, 0.25) is 0 Å². The zero-order chi connectivity index (χ0) is 13.9. The third kappa shape index (κ3) is 2.37. The number of aliphatic hydroxyl groups is 1. The Bertz CT molecular complexity index is 594. The first kappa shape index (κ1) is 13.0. The molecule has 1 heterocycles. The van der Waals surface area contributed by atoms with Crippen LogP contribution in [0.5, 0.6) is 11.5 Å². The summed E-state index contributed by atoms with van der Waals surface area (Å²) in [4.78, 5) is 0. The van der Waals surface area contributed by atoms with E-state index in [-0.39, 0.29) is 5.92 Å². The molecule has 1 N–H and O–H groups in total. The van der Waals surface area contributed by atoms with E-state index in [0.717, 1.165) is 29.0 Å². The van der Waals surface area contributed by atoms with Crippen LogP contribution in [0, 0.1) is 0 Å². The number of hydrogen-bond donors (Lipinski definition) is 1. The van der Waals surface area contributed by atoms with Crippen LogP contribution in [0.1, 0.15) is 29.6 Å². The molecule has 0 aliphatic carbocycles. The average molecular weight is 270 g/mol. The summed E-state index contributed by atoms with van der Waals surface area (Å²) in [6.07, 6.45) is 0.269. The number of para-hydroxylation sites is 1. The normalized spacial score (nSPS) is 18.8. The Morgan fingerprint density at radius 3 is 2.90 bits per heavy atom. The van der Waals surface area contributed by atoms with Crippen LogP contribution in [0.15, 0.2) is 48.5 Å². The number of ether oxygens (including phenoxy) is 2. The molecule has 2 atom stereocenters. The summed E-state index contributed by atoms with van der Waals surface area (Å²) < 4.78 is 10.9. The maximum atomic E-state index is 10.7. The first-order valence-corrected chi connectivity index (χ1v) is 6.83. The molecule has 0 bridgehead atoms. The fourth-order valence-electron chi connectivity index (χ4n) is 2.76. The van der Waals surface area contributed by atoms with Gasteiger partial charge in [0.05, 0.1) is 19.8 Å². The van der Waals surface area contributed by atoms with Crippen molar-refractivity contribution in [3.8, 4) is 11.5 Å². The smallest absolute Gasteiger partial charge is 0.122 e. The molecule has 3 nitrogen and oxygen atoms in total. The van der Waals surface area contributed by atoms with Gasteiger partial charge in [0, 0.05) is 11.5 Å². The van der Waals surface area contributed by atoms with E-state index in [1.807, 2.05) is 48.5 Å². The topological polar surface area (TPSA) is 38.7 Å². The predicted octanol–water partition coefficient (Wildman–Crippen LogP) is 3.29. The second-order valence-corrected chi connectivity index (χ2v) is 5.00. The van der Waals surface area contributed by atoms with Crippen molar-refractivity contribution in [2.24, 2.45) is 0 Å². The molecule has 1 aliphatic rings. The van der Waals surface area contributed by atoms with E-state index in [4.69, 9.17) is 9.47 Å². The molecule has 0 fully saturated rings. The first-order valence-electron chi connectivity index (χ1n) is 6.83. The van der Waals surface area contributed by atoms with Crippen LogP contribution in [0.25, 0.3) is 0 Å². The minimum Gasteiger partial charge on any atom is -0.497 e. The number of fused-ring (bicyclic) bond motifs is 1. The summed E-state index contributed by atoms with van der Waals surface area (Å²) in [6.45, 7) is 0.642. The fraction of sp³-hybridized carbons (Fsp3) is 0.294. The number of aliphatic hydroxyl groups excluding tert-OH is 1. The van der Waals surface area contributed by atoms with E-state index < -0.39 is 6.10 Å². The van der Waals surface area contributed by atoms with E-state index in [9.17, 15) is 5.11 Å². The van der Waals surface area contributed by atoms with Gasteiger partial charge in [0.25, 0.3) is 0 Å². The molecule has 0 spiro atoms. The third-order valence-corrected chi connectivity index (χ3v) is 3.82. The number of benzene rings is 2. The molecule has 2 unspecified atom stereocenters. The van der Waals surface area contributed by atoms with Gasteiger partial charge in [-0.1, -0.05) is 30.3 Å². The van der Waals surface area contributed by atoms with Gasteiger partial charge < -0.3 is 14.6 Å². The molecule has 0 saturated heterocycles. The average Bonchev–Trinajstić information content (AvgIpc) is 2.53. The molecule has 2 aromatic carbocycles. The van der Waals surface area contributed by atoms with Gasteiger partial charge in [-0.15, -0.1) is 0 Å². The lowest BCUT2D eigenvalue weighted by atomic mass is 9.85. The summed E-state index contributed by atoms with van der Waals surface area (Å²) >= 11 is 0. The van der Waals surface area contributed by atoms with Crippen LogP contribution in [-0.2, 0) is 0 Å². The molecule has 3 rings (SSSR count). The molecule has 0 saturated carbocycles. The maximum absolute atomic E-state index is 10.7. The second-order valence-electron chi connectivity index (χ2n) is 5.00. The minimum absolute atomic E-state index is 0.0621. The summed E-state index contributed by atoms with van der Waals surface area (Å²) in [5, 5.41) is 10.7. The Labute approximate surface area is 118 Å². The Balaban J connectivity index is 1.93. The van der Waals surface area contributed by atoms with Gasteiger partial charge in [-0.05, 0) is 30.2 Å². The third-order valence-electron chi connectivity index (χ3n) is 3.82. The lowest BCUT2D eigenvalue weighted by Gasteiger charge is -2.29. The van der Waals surface area contributed by atoms with E-state index in [1.165, 1.54) is 0 Å². The van der Waals surface area contributed by atoms with Gasteiger partial charge >= 0.3 is 0 Å². The second kappa shape index (κ2) is 5.55. The highest BCUT2D eigenvalue weighted by atomic mass is 16.5. The SMILES string of the molecule is COc1cccc(C(O)C2CCOc3ccccc32)c1. The highest BCUT2D eigenvalue weighted by Gasteiger charge is 2.28. The summed E-state index contributed by atoms with van der Waals surface area (Å²) in [7, 11) is 1.63. The zero-order valence-electron chi connectivity index (χ0n) is 11.5. The highest BCUT2D eigenvalue weighted by molar-refractivity contribution is 5.40. The highest BCUT2D eigenvalue weighted by Crippen LogP contribution is 2.41. The van der Waals surface area contributed by atoms with Gasteiger partial charge in [-0.3, -0.25) is 0 Å².